The highest BCUT2D eigenvalue weighted by atomic mass is 19.1. The lowest BCUT2D eigenvalue weighted by atomic mass is 10.00. The molecule has 0 bridgehead atoms. The maximum absolute atomic E-state index is 14.1. The van der Waals surface area contributed by atoms with Crippen molar-refractivity contribution in [3.8, 4) is 11.8 Å². The first-order valence-electron chi connectivity index (χ1n) is 11.6. The SMILES string of the molecule is CO[C@@H](CC/C=C/C(=O)Nc1ccccc1N)[C@@H](OC(=O)Nc1ccc(C#N)cc1)c1ccc(O)c(F)c1. The van der Waals surface area contributed by atoms with Crippen LogP contribution < -0.4 is 16.4 Å². The Kier molecular flexibility index (Phi) is 9.79. The van der Waals surface area contributed by atoms with Gasteiger partial charge < -0.3 is 25.6 Å². The van der Waals surface area contributed by atoms with Crippen molar-refractivity contribution in [3.63, 3.8) is 0 Å². The van der Waals surface area contributed by atoms with Crippen molar-refractivity contribution in [1.29, 1.82) is 5.26 Å². The molecule has 10 heteroatoms. The summed E-state index contributed by atoms with van der Waals surface area (Å²) < 4.78 is 25.3. The Morgan fingerprint density at radius 2 is 1.87 bits per heavy atom. The van der Waals surface area contributed by atoms with Gasteiger partial charge in [0.1, 0.15) is 0 Å². The fourth-order valence-corrected chi connectivity index (χ4v) is 3.58. The fourth-order valence-electron chi connectivity index (χ4n) is 3.58. The monoisotopic (exact) mass is 518 g/mol. The molecule has 3 aromatic carbocycles. The number of phenolic OH excluding ortho intramolecular Hbond substituents is 1. The number of hydrogen-bond acceptors (Lipinski definition) is 7. The number of aromatic hydroxyl groups is 1. The first-order chi connectivity index (χ1) is 18.3. The molecule has 0 aliphatic rings. The molecule has 9 nitrogen and oxygen atoms in total. The molecule has 3 rings (SSSR count). The number of benzene rings is 3. The number of rotatable bonds is 10. The third-order valence-corrected chi connectivity index (χ3v) is 5.54. The summed E-state index contributed by atoms with van der Waals surface area (Å²) in [6.07, 6.45) is 1.07. The summed E-state index contributed by atoms with van der Waals surface area (Å²) in [6, 6.07) is 18.7. The Bertz CT molecular complexity index is 1340. The molecule has 2 atom stereocenters. The van der Waals surface area contributed by atoms with E-state index in [1.54, 1.807) is 42.5 Å². The summed E-state index contributed by atoms with van der Waals surface area (Å²) in [4.78, 5) is 24.9. The number of halogens is 1. The number of anilines is 3. The molecular formula is C28H27FN4O5. The number of allylic oxidation sites excluding steroid dienone is 1. The van der Waals surface area contributed by atoms with E-state index in [-0.39, 0.29) is 11.5 Å². The van der Waals surface area contributed by atoms with E-state index in [1.807, 2.05) is 6.07 Å². The van der Waals surface area contributed by atoms with Gasteiger partial charge in [0.05, 0.1) is 29.1 Å². The standard InChI is InChI=1S/C28H27FN4O5/c1-37-25(8-4-5-9-26(35)33-23-7-3-2-6-22(23)31)27(19-12-15-24(34)21(29)16-19)38-28(36)32-20-13-10-18(17-30)11-14-20/h2-3,5-7,9-16,25,27,34H,4,8,31H2,1H3,(H,32,36)(H,33,35)/b9-5+/t25-,27-/m0/s1. The van der Waals surface area contributed by atoms with E-state index in [4.69, 9.17) is 20.5 Å². The van der Waals surface area contributed by atoms with Gasteiger partial charge in [-0.05, 0) is 73.0 Å². The molecule has 0 unspecified atom stereocenters. The number of nitrogens with two attached hydrogens (primary N) is 1. The number of hydrogen-bond donors (Lipinski definition) is 4. The number of ether oxygens (including phenoxy) is 2. The molecule has 0 fully saturated rings. The van der Waals surface area contributed by atoms with Crippen LogP contribution in [0.5, 0.6) is 5.75 Å². The lowest BCUT2D eigenvalue weighted by Crippen LogP contribution is -2.28. The van der Waals surface area contributed by atoms with E-state index in [0.717, 1.165) is 12.1 Å². The Morgan fingerprint density at radius 1 is 1.13 bits per heavy atom. The van der Waals surface area contributed by atoms with Crippen LogP contribution in [-0.2, 0) is 14.3 Å². The van der Waals surface area contributed by atoms with Gasteiger partial charge in [-0.1, -0.05) is 24.3 Å². The lowest BCUT2D eigenvalue weighted by Gasteiger charge is -2.26. The van der Waals surface area contributed by atoms with Crippen LogP contribution in [0, 0.1) is 17.1 Å². The number of carbonyl (C=O) groups is 2. The highest BCUT2D eigenvalue weighted by Gasteiger charge is 2.28. The number of carbonyl (C=O) groups excluding carboxylic acids is 2. The van der Waals surface area contributed by atoms with Crippen LogP contribution in [0.2, 0.25) is 0 Å². The summed E-state index contributed by atoms with van der Waals surface area (Å²) in [5.74, 6) is -1.79. The number of nitrogen functional groups attached to an aromatic ring is 1. The number of methoxy groups -OCH3 is 1. The second kappa shape index (κ2) is 13.4. The first-order valence-corrected chi connectivity index (χ1v) is 11.6. The van der Waals surface area contributed by atoms with Gasteiger partial charge in [0, 0.05) is 12.8 Å². The van der Waals surface area contributed by atoms with Gasteiger partial charge in [-0.25, -0.2) is 9.18 Å². The largest absolute Gasteiger partial charge is 0.505 e. The molecule has 0 saturated heterocycles. The molecule has 0 aliphatic heterocycles. The van der Waals surface area contributed by atoms with Crippen LogP contribution in [0.1, 0.15) is 30.1 Å². The number of nitrogens with one attached hydrogen (secondary N) is 2. The van der Waals surface area contributed by atoms with Crippen molar-refractivity contribution in [1.82, 2.24) is 0 Å². The van der Waals surface area contributed by atoms with Crippen LogP contribution in [0.15, 0.2) is 78.9 Å². The van der Waals surface area contributed by atoms with E-state index in [0.29, 0.717) is 35.5 Å². The van der Waals surface area contributed by atoms with Crippen LogP contribution in [-0.4, -0.2) is 30.3 Å². The minimum atomic E-state index is -1.04. The van der Waals surface area contributed by atoms with Gasteiger partial charge in [0.25, 0.3) is 0 Å². The minimum absolute atomic E-state index is 0.267. The molecule has 3 aromatic rings. The molecule has 0 heterocycles. The van der Waals surface area contributed by atoms with Crippen LogP contribution >= 0.6 is 0 Å². The second-order valence-electron chi connectivity index (χ2n) is 8.18. The predicted molar refractivity (Wildman–Crippen MR) is 141 cm³/mol. The zero-order valence-electron chi connectivity index (χ0n) is 20.6. The van der Waals surface area contributed by atoms with Crippen LogP contribution in [0.3, 0.4) is 0 Å². The van der Waals surface area contributed by atoms with Crippen molar-refractivity contribution in [2.45, 2.75) is 25.0 Å². The fraction of sp³-hybridized carbons (Fsp3) is 0.179. The molecule has 2 amide bonds. The quantitative estimate of drug-likeness (QED) is 0.211. The molecular weight excluding hydrogens is 491 g/mol. The molecule has 38 heavy (non-hydrogen) atoms. The van der Waals surface area contributed by atoms with Crippen molar-refractivity contribution in [3.05, 3.63) is 95.8 Å². The molecule has 0 spiro atoms. The van der Waals surface area contributed by atoms with E-state index in [1.165, 1.54) is 31.4 Å². The number of amides is 2. The van der Waals surface area contributed by atoms with Gasteiger partial charge >= 0.3 is 6.09 Å². The highest BCUT2D eigenvalue weighted by Crippen LogP contribution is 2.30. The average molecular weight is 519 g/mol. The minimum Gasteiger partial charge on any atom is -0.505 e. The number of nitrogens with zero attached hydrogens (tertiary/aromatic N) is 1. The lowest BCUT2D eigenvalue weighted by molar-refractivity contribution is -0.111. The Balaban J connectivity index is 1.69. The molecule has 5 N–H and O–H groups in total. The molecule has 0 aromatic heterocycles. The van der Waals surface area contributed by atoms with Gasteiger partial charge in [-0.3, -0.25) is 10.1 Å². The van der Waals surface area contributed by atoms with Gasteiger partial charge in [0.15, 0.2) is 17.7 Å². The highest BCUT2D eigenvalue weighted by molar-refractivity contribution is 6.01. The van der Waals surface area contributed by atoms with Gasteiger partial charge in [-0.15, -0.1) is 0 Å². The Morgan fingerprint density at radius 3 is 2.53 bits per heavy atom. The summed E-state index contributed by atoms with van der Waals surface area (Å²) >= 11 is 0. The summed E-state index contributed by atoms with van der Waals surface area (Å²) in [7, 11) is 1.42. The maximum atomic E-state index is 14.1. The zero-order valence-corrected chi connectivity index (χ0v) is 20.6. The molecule has 196 valence electrons. The topological polar surface area (TPSA) is 147 Å². The van der Waals surface area contributed by atoms with E-state index < -0.39 is 29.9 Å². The maximum Gasteiger partial charge on any atom is 0.412 e. The summed E-state index contributed by atoms with van der Waals surface area (Å²) in [5.41, 5.74) is 7.85. The Hall–Kier alpha value is -4.88. The third-order valence-electron chi connectivity index (χ3n) is 5.54. The second-order valence-corrected chi connectivity index (χ2v) is 8.18. The predicted octanol–water partition coefficient (Wildman–Crippen LogP) is 5.27. The van der Waals surface area contributed by atoms with Crippen LogP contribution in [0.4, 0.5) is 26.2 Å². The van der Waals surface area contributed by atoms with E-state index in [9.17, 15) is 19.1 Å². The zero-order chi connectivity index (χ0) is 27.5. The van der Waals surface area contributed by atoms with Crippen molar-refractivity contribution in [2.75, 3.05) is 23.5 Å². The normalized spacial score (nSPS) is 12.3. The summed E-state index contributed by atoms with van der Waals surface area (Å²) in [5, 5.41) is 23.8. The first kappa shape index (κ1) is 27.7. The van der Waals surface area contributed by atoms with E-state index >= 15 is 0 Å². The van der Waals surface area contributed by atoms with Crippen molar-refractivity contribution >= 4 is 29.1 Å². The molecule has 0 aliphatic carbocycles. The van der Waals surface area contributed by atoms with Gasteiger partial charge in [-0.2, -0.15) is 5.26 Å². The van der Waals surface area contributed by atoms with Crippen molar-refractivity contribution < 1.29 is 28.6 Å². The number of para-hydroxylation sites is 2. The van der Waals surface area contributed by atoms with E-state index in [2.05, 4.69) is 10.6 Å². The Labute approximate surface area is 219 Å². The number of nitriles is 1. The summed E-state index contributed by atoms with van der Waals surface area (Å²) in [6.45, 7) is 0. The number of phenols is 1. The molecule has 0 saturated carbocycles. The van der Waals surface area contributed by atoms with Gasteiger partial charge in [0.2, 0.25) is 5.91 Å². The van der Waals surface area contributed by atoms with Crippen LogP contribution in [0.25, 0.3) is 0 Å². The molecule has 0 radical (unpaired) electrons. The third kappa shape index (κ3) is 7.81. The van der Waals surface area contributed by atoms with Crippen molar-refractivity contribution in [2.24, 2.45) is 0 Å². The smallest absolute Gasteiger partial charge is 0.412 e. The average Bonchev–Trinajstić information content (AvgIpc) is 2.91.